The Morgan fingerprint density at radius 2 is 1.95 bits per heavy atom. The summed E-state index contributed by atoms with van der Waals surface area (Å²) in [7, 11) is 0. The zero-order valence-electron chi connectivity index (χ0n) is 11.3. The molecule has 1 aromatic heterocycles. The van der Waals surface area contributed by atoms with E-state index in [9.17, 15) is 13.2 Å². The van der Waals surface area contributed by atoms with Crippen molar-refractivity contribution in [3.8, 4) is 0 Å². The molecule has 1 aliphatic rings. The zero-order chi connectivity index (χ0) is 14.8. The Bertz CT molecular complexity index is 477. The van der Waals surface area contributed by atoms with Crippen molar-refractivity contribution in [3.05, 3.63) is 17.1 Å². The minimum atomic E-state index is -4.32. The van der Waals surface area contributed by atoms with E-state index in [1.165, 1.54) is 0 Å². The van der Waals surface area contributed by atoms with Crippen LogP contribution in [0.15, 0.2) is 0 Å². The number of hydrogen-bond donors (Lipinski definition) is 2. The van der Waals surface area contributed by atoms with Gasteiger partial charge in [0, 0.05) is 11.3 Å². The quantitative estimate of drug-likeness (QED) is 0.893. The van der Waals surface area contributed by atoms with E-state index in [1.54, 1.807) is 6.92 Å². The molecule has 7 heteroatoms. The van der Waals surface area contributed by atoms with Crippen molar-refractivity contribution in [1.82, 2.24) is 9.97 Å². The van der Waals surface area contributed by atoms with Gasteiger partial charge in [0.2, 0.25) is 0 Å². The second kappa shape index (κ2) is 5.95. The third-order valence-electron chi connectivity index (χ3n) is 3.33. The molecule has 4 nitrogen and oxygen atoms in total. The fourth-order valence-electron chi connectivity index (χ4n) is 2.47. The van der Waals surface area contributed by atoms with E-state index < -0.39 is 25.2 Å². The predicted molar refractivity (Wildman–Crippen MR) is 68.6 cm³/mol. The van der Waals surface area contributed by atoms with Crippen LogP contribution in [0.2, 0.25) is 0 Å². The van der Waals surface area contributed by atoms with Crippen molar-refractivity contribution in [2.75, 3.05) is 11.9 Å². The maximum Gasteiger partial charge on any atom is 0.391 e. The lowest BCUT2D eigenvalue weighted by molar-refractivity contribution is -0.138. The van der Waals surface area contributed by atoms with Crippen molar-refractivity contribution in [2.45, 2.75) is 51.2 Å². The number of anilines is 1. The molecule has 2 rings (SSSR count). The molecule has 1 atom stereocenters. The average molecular weight is 289 g/mol. The maximum atomic E-state index is 12.4. The molecule has 0 saturated carbocycles. The lowest BCUT2D eigenvalue weighted by Gasteiger charge is -2.23. The van der Waals surface area contributed by atoms with Gasteiger partial charge in [-0.2, -0.15) is 13.2 Å². The van der Waals surface area contributed by atoms with Crippen molar-refractivity contribution in [3.63, 3.8) is 0 Å². The molecule has 112 valence electrons. The summed E-state index contributed by atoms with van der Waals surface area (Å²) in [5.74, 6) is 0.979. The van der Waals surface area contributed by atoms with Crippen LogP contribution in [0.5, 0.6) is 0 Å². The molecule has 0 aromatic carbocycles. The third-order valence-corrected chi connectivity index (χ3v) is 3.33. The Kier molecular flexibility index (Phi) is 4.47. The molecule has 0 bridgehead atoms. The molecule has 1 aliphatic carbocycles. The molecule has 20 heavy (non-hydrogen) atoms. The monoisotopic (exact) mass is 289 g/mol. The Labute approximate surface area is 115 Å². The summed E-state index contributed by atoms with van der Waals surface area (Å²) in [5.41, 5.74) is 1.80. The number of fused-ring (bicyclic) bond motifs is 1. The number of alkyl halides is 3. The fourth-order valence-corrected chi connectivity index (χ4v) is 2.47. The van der Waals surface area contributed by atoms with Gasteiger partial charge in [0.15, 0.2) is 0 Å². The van der Waals surface area contributed by atoms with E-state index >= 15 is 0 Å². The second-order valence-electron chi connectivity index (χ2n) is 5.09. The lowest BCUT2D eigenvalue weighted by Crippen LogP contribution is -2.31. The first-order valence-electron chi connectivity index (χ1n) is 6.69. The number of aryl methyl sites for hydroxylation is 2. The van der Waals surface area contributed by atoms with Crippen LogP contribution in [0.1, 0.15) is 36.3 Å². The Balaban J connectivity index is 2.21. The normalized spacial score (nSPS) is 16.6. The number of aromatic nitrogens is 2. The zero-order valence-corrected chi connectivity index (χ0v) is 11.3. The van der Waals surface area contributed by atoms with Gasteiger partial charge in [-0.15, -0.1) is 0 Å². The van der Waals surface area contributed by atoms with Crippen LogP contribution >= 0.6 is 0 Å². The first-order valence-corrected chi connectivity index (χ1v) is 6.69. The van der Waals surface area contributed by atoms with Crippen LogP contribution in [-0.2, 0) is 12.8 Å². The van der Waals surface area contributed by atoms with Crippen LogP contribution in [0, 0.1) is 6.92 Å². The summed E-state index contributed by atoms with van der Waals surface area (Å²) < 4.78 is 37.3. The summed E-state index contributed by atoms with van der Waals surface area (Å²) in [6.45, 7) is 1.13. The van der Waals surface area contributed by atoms with Crippen molar-refractivity contribution in [2.24, 2.45) is 0 Å². The summed E-state index contributed by atoms with van der Waals surface area (Å²) >= 11 is 0. The van der Waals surface area contributed by atoms with Crippen molar-refractivity contribution < 1.29 is 18.3 Å². The van der Waals surface area contributed by atoms with Gasteiger partial charge in [-0.3, -0.25) is 0 Å². The van der Waals surface area contributed by atoms with E-state index in [0.29, 0.717) is 11.6 Å². The Morgan fingerprint density at radius 1 is 1.25 bits per heavy atom. The van der Waals surface area contributed by atoms with Gasteiger partial charge >= 0.3 is 6.18 Å². The average Bonchev–Trinajstić information content (AvgIpc) is 2.36. The number of nitrogens with one attached hydrogen (secondary N) is 1. The van der Waals surface area contributed by atoms with Crippen molar-refractivity contribution in [1.29, 1.82) is 0 Å². The molecule has 0 fully saturated rings. The number of halogens is 3. The van der Waals surface area contributed by atoms with Crippen LogP contribution < -0.4 is 5.32 Å². The molecular weight excluding hydrogens is 271 g/mol. The molecular formula is C13H18F3N3O. The van der Waals surface area contributed by atoms with Crippen LogP contribution in [0.4, 0.5) is 19.0 Å². The molecule has 1 unspecified atom stereocenters. The van der Waals surface area contributed by atoms with Crippen LogP contribution in [-0.4, -0.2) is 33.9 Å². The summed E-state index contributed by atoms with van der Waals surface area (Å²) in [6, 6.07) is -1.07. The van der Waals surface area contributed by atoms with E-state index in [0.717, 1.165) is 36.9 Å². The number of nitrogens with zero attached hydrogens (tertiary/aromatic N) is 2. The Hall–Kier alpha value is -1.37. The Morgan fingerprint density at radius 3 is 2.60 bits per heavy atom. The topological polar surface area (TPSA) is 58.0 Å². The molecule has 1 heterocycles. The minimum absolute atomic E-state index is 0.440. The van der Waals surface area contributed by atoms with Gasteiger partial charge in [0.05, 0.1) is 19.1 Å². The highest BCUT2D eigenvalue weighted by Crippen LogP contribution is 2.28. The van der Waals surface area contributed by atoms with Gasteiger partial charge in [-0.1, -0.05) is 0 Å². The first kappa shape index (κ1) is 15.0. The summed E-state index contributed by atoms with van der Waals surface area (Å²) in [5, 5.41) is 11.9. The lowest BCUT2D eigenvalue weighted by atomic mass is 9.96. The van der Waals surface area contributed by atoms with Gasteiger partial charge < -0.3 is 10.4 Å². The second-order valence-corrected chi connectivity index (χ2v) is 5.09. The van der Waals surface area contributed by atoms with Gasteiger partial charge in [0.1, 0.15) is 11.6 Å². The number of aliphatic hydroxyl groups excluding tert-OH is 1. The molecule has 0 saturated heterocycles. The molecule has 0 radical (unpaired) electrons. The number of aliphatic hydroxyl groups is 1. The molecule has 1 aromatic rings. The summed E-state index contributed by atoms with van der Waals surface area (Å²) in [4.78, 5) is 8.55. The van der Waals surface area contributed by atoms with E-state index in [-0.39, 0.29) is 0 Å². The number of rotatable bonds is 4. The summed E-state index contributed by atoms with van der Waals surface area (Å²) in [6.07, 6.45) is -1.78. The van der Waals surface area contributed by atoms with E-state index in [1.807, 2.05) is 0 Å². The third kappa shape index (κ3) is 3.82. The molecule has 0 aliphatic heterocycles. The molecule has 2 N–H and O–H groups in total. The largest absolute Gasteiger partial charge is 0.394 e. The minimum Gasteiger partial charge on any atom is -0.394 e. The number of hydrogen-bond acceptors (Lipinski definition) is 4. The highest BCUT2D eigenvalue weighted by atomic mass is 19.4. The van der Waals surface area contributed by atoms with Gasteiger partial charge in [-0.05, 0) is 32.6 Å². The predicted octanol–water partition coefficient (Wildman–Crippen LogP) is 2.39. The standard InChI is InChI=1S/C13H18F3N3O/c1-8-17-11-5-3-2-4-10(11)12(18-8)19-9(7-20)6-13(14,15)16/h9,20H,2-7H2,1H3,(H,17,18,19). The highest BCUT2D eigenvalue weighted by molar-refractivity contribution is 5.48. The SMILES string of the molecule is Cc1nc2c(c(NC(CO)CC(F)(F)F)n1)CCCC2. The molecule has 0 amide bonds. The molecule has 0 spiro atoms. The van der Waals surface area contributed by atoms with E-state index in [4.69, 9.17) is 5.11 Å². The van der Waals surface area contributed by atoms with Gasteiger partial charge in [0.25, 0.3) is 0 Å². The van der Waals surface area contributed by atoms with Gasteiger partial charge in [-0.25, -0.2) is 9.97 Å². The first-order chi connectivity index (χ1) is 9.39. The van der Waals surface area contributed by atoms with Crippen LogP contribution in [0.25, 0.3) is 0 Å². The smallest absolute Gasteiger partial charge is 0.391 e. The highest BCUT2D eigenvalue weighted by Gasteiger charge is 2.32. The fraction of sp³-hybridized carbons (Fsp3) is 0.692. The van der Waals surface area contributed by atoms with Crippen LogP contribution in [0.3, 0.4) is 0 Å². The van der Waals surface area contributed by atoms with E-state index in [2.05, 4.69) is 15.3 Å². The van der Waals surface area contributed by atoms with Crippen molar-refractivity contribution >= 4 is 5.82 Å². The maximum absolute atomic E-state index is 12.4.